The Morgan fingerprint density at radius 2 is 2.47 bits per heavy atom. The van der Waals surface area contributed by atoms with Gasteiger partial charge < -0.3 is 14.8 Å². The van der Waals surface area contributed by atoms with E-state index in [1.165, 1.54) is 7.11 Å². The summed E-state index contributed by atoms with van der Waals surface area (Å²) >= 11 is 0. The summed E-state index contributed by atoms with van der Waals surface area (Å²) < 4.78 is 10.6. The molecule has 1 aromatic rings. The second-order valence-corrected chi connectivity index (χ2v) is 4.38. The Balaban J connectivity index is 2.09. The summed E-state index contributed by atoms with van der Waals surface area (Å²) in [5.74, 6) is 0.327. The Bertz CT molecular complexity index is 502. The summed E-state index contributed by atoms with van der Waals surface area (Å²) in [6.07, 6.45) is 2.20. The van der Waals surface area contributed by atoms with Crippen molar-refractivity contribution in [3.8, 4) is 11.8 Å². The molecule has 1 heterocycles. The molecule has 1 N–H and O–H groups in total. The Labute approximate surface area is 112 Å². The Morgan fingerprint density at radius 3 is 3.11 bits per heavy atom. The number of amides is 1. The molecule has 1 aromatic carbocycles. The third kappa shape index (κ3) is 3.24. The van der Waals surface area contributed by atoms with Crippen LogP contribution < -0.4 is 10.1 Å². The van der Waals surface area contributed by atoms with Crippen molar-refractivity contribution in [2.24, 2.45) is 0 Å². The lowest BCUT2D eigenvalue weighted by Gasteiger charge is -2.13. The van der Waals surface area contributed by atoms with Crippen LogP contribution in [0.4, 0.5) is 5.69 Å². The predicted molar refractivity (Wildman–Crippen MR) is 69.9 cm³/mol. The summed E-state index contributed by atoms with van der Waals surface area (Å²) in [5.41, 5.74) is 0.815. The zero-order valence-corrected chi connectivity index (χ0v) is 10.8. The highest BCUT2D eigenvalue weighted by molar-refractivity contribution is 5.94. The van der Waals surface area contributed by atoms with Crippen LogP contribution in [-0.4, -0.2) is 25.7 Å². The Morgan fingerprint density at radius 1 is 1.63 bits per heavy atom. The second kappa shape index (κ2) is 6.21. The summed E-state index contributed by atoms with van der Waals surface area (Å²) in [6.45, 7) is 0.718. The molecule has 1 aliphatic rings. The van der Waals surface area contributed by atoms with E-state index in [1.54, 1.807) is 18.2 Å². The summed E-state index contributed by atoms with van der Waals surface area (Å²) in [6, 6.07) is 7.11. The van der Waals surface area contributed by atoms with Gasteiger partial charge in [0.15, 0.2) is 0 Å². The molecule has 2 rings (SSSR count). The van der Waals surface area contributed by atoms with Crippen molar-refractivity contribution in [3.05, 3.63) is 23.8 Å². The van der Waals surface area contributed by atoms with E-state index in [-0.39, 0.29) is 12.0 Å². The van der Waals surface area contributed by atoms with Gasteiger partial charge in [-0.05, 0) is 25.0 Å². The average molecular weight is 260 g/mol. The average Bonchev–Trinajstić information content (AvgIpc) is 2.91. The van der Waals surface area contributed by atoms with Gasteiger partial charge in [0.25, 0.3) is 0 Å². The molecule has 5 nitrogen and oxygen atoms in total. The highest BCUT2D eigenvalue weighted by Crippen LogP contribution is 2.28. The van der Waals surface area contributed by atoms with E-state index in [4.69, 9.17) is 14.7 Å². The molecule has 1 fully saturated rings. The van der Waals surface area contributed by atoms with Gasteiger partial charge in [-0.3, -0.25) is 4.79 Å². The van der Waals surface area contributed by atoms with Crippen LogP contribution in [0.25, 0.3) is 0 Å². The molecule has 19 heavy (non-hydrogen) atoms. The minimum atomic E-state index is -0.159. The number of hydrogen-bond donors (Lipinski definition) is 1. The Hall–Kier alpha value is -2.06. The molecule has 0 saturated carbocycles. The lowest BCUT2D eigenvalue weighted by atomic mass is 10.1. The SMILES string of the molecule is COc1cccc(C#N)c1NC(=O)CC1CCCO1. The summed E-state index contributed by atoms with van der Waals surface area (Å²) in [7, 11) is 1.51. The first-order chi connectivity index (χ1) is 9.24. The van der Waals surface area contributed by atoms with E-state index in [0.29, 0.717) is 23.4 Å². The fraction of sp³-hybridized carbons (Fsp3) is 0.429. The van der Waals surface area contributed by atoms with Gasteiger partial charge in [0.1, 0.15) is 17.5 Å². The molecule has 1 atom stereocenters. The molecular formula is C14H16N2O3. The van der Waals surface area contributed by atoms with E-state index < -0.39 is 0 Å². The third-order valence-corrected chi connectivity index (χ3v) is 3.07. The van der Waals surface area contributed by atoms with Crippen LogP contribution in [0.1, 0.15) is 24.8 Å². The standard InChI is InChI=1S/C14H16N2O3/c1-18-12-6-2-4-10(9-15)14(12)16-13(17)8-11-5-3-7-19-11/h2,4,6,11H,3,5,7-8H2,1H3,(H,16,17). The smallest absolute Gasteiger partial charge is 0.227 e. The van der Waals surface area contributed by atoms with Gasteiger partial charge in [-0.25, -0.2) is 0 Å². The molecular weight excluding hydrogens is 244 g/mol. The van der Waals surface area contributed by atoms with Crippen LogP contribution in [0.3, 0.4) is 0 Å². The first-order valence-electron chi connectivity index (χ1n) is 6.23. The molecule has 1 saturated heterocycles. The van der Waals surface area contributed by atoms with Crippen molar-refractivity contribution in [3.63, 3.8) is 0 Å². The van der Waals surface area contributed by atoms with Gasteiger partial charge in [0.05, 0.1) is 25.2 Å². The number of anilines is 1. The number of carbonyl (C=O) groups excluding carboxylic acids is 1. The monoisotopic (exact) mass is 260 g/mol. The van der Waals surface area contributed by atoms with Gasteiger partial charge in [-0.15, -0.1) is 0 Å². The lowest BCUT2D eigenvalue weighted by molar-refractivity contribution is -0.118. The van der Waals surface area contributed by atoms with Gasteiger partial charge in [-0.1, -0.05) is 6.07 Å². The predicted octanol–water partition coefficient (Wildman–Crippen LogP) is 2.07. The number of benzene rings is 1. The van der Waals surface area contributed by atoms with Gasteiger partial charge >= 0.3 is 0 Å². The molecule has 0 aromatic heterocycles. The minimum Gasteiger partial charge on any atom is -0.495 e. The van der Waals surface area contributed by atoms with Crippen LogP contribution in [0.5, 0.6) is 5.75 Å². The topological polar surface area (TPSA) is 71.3 Å². The van der Waals surface area contributed by atoms with Gasteiger partial charge in [0.2, 0.25) is 5.91 Å². The zero-order chi connectivity index (χ0) is 13.7. The molecule has 0 bridgehead atoms. The van der Waals surface area contributed by atoms with Gasteiger partial charge in [0, 0.05) is 6.61 Å². The number of ether oxygens (including phenoxy) is 2. The maximum Gasteiger partial charge on any atom is 0.227 e. The second-order valence-electron chi connectivity index (χ2n) is 4.38. The van der Waals surface area contributed by atoms with Crippen molar-refractivity contribution < 1.29 is 14.3 Å². The number of nitriles is 1. The van der Waals surface area contributed by atoms with E-state index in [2.05, 4.69) is 5.32 Å². The third-order valence-electron chi connectivity index (χ3n) is 3.07. The van der Waals surface area contributed by atoms with Crippen molar-refractivity contribution >= 4 is 11.6 Å². The van der Waals surface area contributed by atoms with Crippen molar-refractivity contribution in [1.29, 1.82) is 5.26 Å². The Kier molecular flexibility index (Phi) is 4.37. The van der Waals surface area contributed by atoms with E-state index in [9.17, 15) is 4.79 Å². The van der Waals surface area contributed by atoms with E-state index >= 15 is 0 Å². The maximum atomic E-state index is 11.9. The molecule has 1 unspecified atom stereocenters. The van der Waals surface area contributed by atoms with Crippen LogP contribution in [0, 0.1) is 11.3 Å². The van der Waals surface area contributed by atoms with Crippen molar-refractivity contribution in [2.45, 2.75) is 25.4 Å². The highest BCUT2D eigenvalue weighted by atomic mass is 16.5. The number of para-hydroxylation sites is 1. The van der Waals surface area contributed by atoms with E-state index in [0.717, 1.165) is 19.4 Å². The molecule has 0 radical (unpaired) electrons. The molecule has 5 heteroatoms. The maximum absolute atomic E-state index is 11.9. The largest absolute Gasteiger partial charge is 0.495 e. The number of carbonyl (C=O) groups is 1. The highest BCUT2D eigenvalue weighted by Gasteiger charge is 2.20. The molecule has 100 valence electrons. The molecule has 1 amide bonds. The molecule has 0 spiro atoms. The quantitative estimate of drug-likeness (QED) is 0.899. The number of rotatable bonds is 4. The molecule has 1 aliphatic heterocycles. The lowest BCUT2D eigenvalue weighted by Crippen LogP contribution is -2.20. The number of nitrogens with zero attached hydrogens (tertiary/aromatic N) is 1. The molecule has 0 aliphatic carbocycles. The van der Waals surface area contributed by atoms with Gasteiger partial charge in [-0.2, -0.15) is 5.26 Å². The van der Waals surface area contributed by atoms with Crippen molar-refractivity contribution in [1.82, 2.24) is 0 Å². The first-order valence-corrected chi connectivity index (χ1v) is 6.23. The van der Waals surface area contributed by atoms with Crippen LogP contribution in [0.2, 0.25) is 0 Å². The number of methoxy groups -OCH3 is 1. The van der Waals surface area contributed by atoms with Crippen LogP contribution in [-0.2, 0) is 9.53 Å². The zero-order valence-electron chi connectivity index (χ0n) is 10.8. The van der Waals surface area contributed by atoms with E-state index in [1.807, 2.05) is 6.07 Å². The fourth-order valence-corrected chi connectivity index (χ4v) is 2.13. The van der Waals surface area contributed by atoms with Crippen LogP contribution >= 0.6 is 0 Å². The number of nitrogens with one attached hydrogen (secondary N) is 1. The fourth-order valence-electron chi connectivity index (χ4n) is 2.13. The first kappa shape index (κ1) is 13.4. The summed E-state index contributed by atoms with van der Waals surface area (Å²) in [5, 5.41) is 11.8. The van der Waals surface area contributed by atoms with Crippen LogP contribution in [0.15, 0.2) is 18.2 Å². The summed E-state index contributed by atoms with van der Waals surface area (Å²) in [4.78, 5) is 11.9. The minimum absolute atomic E-state index is 0.0137. The van der Waals surface area contributed by atoms with Crippen molar-refractivity contribution in [2.75, 3.05) is 19.0 Å². The number of hydrogen-bond acceptors (Lipinski definition) is 4. The normalized spacial score (nSPS) is 17.8.